The highest BCUT2D eigenvalue weighted by molar-refractivity contribution is 5.80. The van der Waals surface area contributed by atoms with Gasteiger partial charge in [0.15, 0.2) is 5.96 Å². The van der Waals surface area contributed by atoms with Crippen LogP contribution >= 0.6 is 0 Å². The van der Waals surface area contributed by atoms with Gasteiger partial charge in [-0.3, -0.25) is 14.8 Å². The van der Waals surface area contributed by atoms with Crippen molar-refractivity contribution in [3.8, 4) is 0 Å². The number of guanidine groups is 1. The van der Waals surface area contributed by atoms with Crippen molar-refractivity contribution in [1.29, 1.82) is 0 Å². The van der Waals surface area contributed by atoms with Crippen LogP contribution in [0.3, 0.4) is 0 Å². The number of nitrogens with zero attached hydrogens (tertiary/aromatic N) is 3. The van der Waals surface area contributed by atoms with E-state index in [2.05, 4.69) is 56.6 Å². The summed E-state index contributed by atoms with van der Waals surface area (Å²) in [6.07, 6.45) is 7.23. The van der Waals surface area contributed by atoms with Gasteiger partial charge in [-0.2, -0.15) is 0 Å². The second kappa shape index (κ2) is 10.8. The molecule has 172 valence electrons. The first kappa shape index (κ1) is 22.6. The monoisotopic (exact) mass is 427 g/mol. The zero-order valence-electron chi connectivity index (χ0n) is 19.5. The Morgan fingerprint density at radius 1 is 1.10 bits per heavy atom. The molecule has 0 saturated carbocycles. The summed E-state index contributed by atoms with van der Waals surface area (Å²) in [6.45, 7) is 10.7. The molecule has 0 amide bonds. The van der Waals surface area contributed by atoms with E-state index in [-0.39, 0.29) is 5.54 Å². The number of likely N-dealkylation sites (tertiary alicyclic amines) is 2. The van der Waals surface area contributed by atoms with Gasteiger partial charge in [0.1, 0.15) is 0 Å². The van der Waals surface area contributed by atoms with Crippen LogP contribution in [0.5, 0.6) is 0 Å². The number of ether oxygens (including phenoxy) is 1. The number of benzene rings is 1. The molecule has 0 radical (unpaired) electrons. The summed E-state index contributed by atoms with van der Waals surface area (Å²) < 4.78 is 5.69. The highest BCUT2D eigenvalue weighted by atomic mass is 16.5. The van der Waals surface area contributed by atoms with Gasteiger partial charge >= 0.3 is 0 Å². The van der Waals surface area contributed by atoms with Gasteiger partial charge in [-0.15, -0.1) is 0 Å². The molecule has 4 rings (SSSR count). The van der Waals surface area contributed by atoms with E-state index in [0.29, 0.717) is 6.04 Å². The SMILES string of the molecule is CN=C(NCC1(N2CCCC2)CCOCC1)NC1CCN(Cc2ccccc2C)CC1. The lowest BCUT2D eigenvalue weighted by Crippen LogP contribution is -2.59. The number of rotatable bonds is 6. The van der Waals surface area contributed by atoms with Gasteiger partial charge in [0.2, 0.25) is 0 Å². The second-order valence-electron chi connectivity index (χ2n) is 9.58. The smallest absolute Gasteiger partial charge is 0.191 e. The zero-order chi connectivity index (χ0) is 21.5. The van der Waals surface area contributed by atoms with Crippen molar-refractivity contribution in [1.82, 2.24) is 20.4 Å². The fraction of sp³-hybridized carbons (Fsp3) is 0.720. The third kappa shape index (κ3) is 5.79. The third-order valence-corrected chi connectivity index (χ3v) is 7.59. The van der Waals surface area contributed by atoms with E-state index < -0.39 is 0 Å². The summed E-state index contributed by atoms with van der Waals surface area (Å²) in [7, 11) is 1.90. The first-order chi connectivity index (χ1) is 15.2. The molecule has 3 aliphatic heterocycles. The van der Waals surface area contributed by atoms with Crippen molar-refractivity contribution >= 4 is 5.96 Å². The predicted molar refractivity (Wildman–Crippen MR) is 128 cm³/mol. The number of hydrogen-bond acceptors (Lipinski definition) is 4. The van der Waals surface area contributed by atoms with Crippen LogP contribution < -0.4 is 10.6 Å². The number of piperidine rings is 1. The van der Waals surface area contributed by atoms with Gasteiger partial charge in [0.25, 0.3) is 0 Å². The molecule has 31 heavy (non-hydrogen) atoms. The summed E-state index contributed by atoms with van der Waals surface area (Å²) in [4.78, 5) is 9.85. The molecule has 6 nitrogen and oxygen atoms in total. The molecule has 1 aromatic carbocycles. The lowest BCUT2D eigenvalue weighted by Gasteiger charge is -2.45. The van der Waals surface area contributed by atoms with Crippen molar-refractivity contribution in [2.75, 3.05) is 53.0 Å². The van der Waals surface area contributed by atoms with Crippen molar-refractivity contribution in [3.05, 3.63) is 35.4 Å². The molecule has 6 heteroatoms. The minimum Gasteiger partial charge on any atom is -0.381 e. The molecular formula is C25H41N5O. The summed E-state index contributed by atoms with van der Waals surface area (Å²) in [5.74, 6) is 0.961. The maximum atomic E-state index is 5.69. The summed E-state index contributed by atoms with van der Waals surface area (Å²) in [5.41, 5.74) is 3.07. The molecule has 2 N–H and O–H groups in total. The van der Waals surface area contributed by atoms with E-state index in [1.165, 1.54) is 37.1 Å². The molecule has 0 aliphatic carbocycles. The Hall–Kier alpha value is -1.63. The minimum atomic E-state index is 0.225. The van der Waals surface area contributed by atoms with E-state index in [4.69, 9.17) is 4.74 Å². The topological polar surface area (TPSA) is 52.1 Å². The number of aliphatic imine (C=N–C) groups is 1. The van der Waals surface area contributed by atoms with Crippen LogP contribution in [-0.4, -0.2) is 80.3 Å². The lowest BCUT2D eigenvalue weighted by molar-refractivity contribution is -0.0164. The molecule has 0 spiro atoms. The first-order valence-electron chi connectivity index (χ1n) is 12.3. The quantitative estimate of drug-likeness (QED) is 0.540. The molecule has 3 saturated heterocycles. The molecule has 0 atom stereocenters. The highest BCUT2D eigenvalue weighted by Crippen LogP contribution is 2.30. The first-order valence-corrected chi connectivity index (χ1v) is 12.3. The third-order valence-electron chi connectivity index (χ3n) is 7.59. The van der Waals surface area contributed by atoms with E-state index in [0.717, 1.165) is 71.0 Å². The molecule has 0 aromatic heterocycles. The summed E-state index contributed by atoms with van der Waals surface area (Å²) in [5, 5.41) is 7.40. The van der Waals surface area contributed by atoms with Gasteiger partial charge in [0, 0.05) is 58.0 Å². The van der Waals surface area contributed by atoms with E-state index >= 15 is 0 Å². The molecule has 0 unspecified atom stereocenters. The van der Waals surface area contributed by atoms with Crippen LogP contribution in [-0.2, 0) is 11.3 Å². The van der Waals surface area contributed by atoms with Crippen LogP contribution in [0.2, 0.25) is 0 Å². The van der Waals surface area contributed by atoms with Crippen molar-refractivity contribution in [3.63, 3.8) is 0 Å². The second-order valence-corrected chi connectivity index (χ2v) is 9.58. The van der Waals surface area contributed by atoms with Gasteiger partial charge in [0.05, 0.1) is 0 Å². The molecule has 0 bridgehead atoms. The Morgan fingerprint density at radius 2 is 1.81 bits per heavy atom. The zero-order valence-corrected chi connectivity index (χ0v) is 19.5. The predicted octanol–water partition coefficient (Wildman–Crippen LogP) is 2.77. The van der Waals surface area contributed by atoms with Crippen molar-refractivity contribution < 1.29 is 4.74 Å². The Bertz CT molecular complexity index is 716. The van der Waals surface area contributed by atoms with Crippen molar-refractivity contribution in [2.24, 2.45) is 4.99 Å². The van der Waals surface area contributed by atoms with Gasteiger partial charge in [-0.05, 0) is 69.7 Å². The van der Waals surface area contributed by atoms with Crippen LogP contribution in [0.25, 0.3) is 0 Å². The molecule has 3 aliphatic rings. The molecular weight excluding hydrogens is 386 g/mol. The average Bonchev–Trinajstić information content (AvgIpc) is 3.36. The van der Waals surface area contributed by atoms with Gasteiger partial charge in [-0.25, -0.2) is 0 Å². The Balaban J connectivity index is 1.25. The van der Waals surface area contributed by atoms with Crippen LogP contribution in [0, 0.1) is 6.92 Å². The highest BCUT2D eigenvalue weighted by Gasteiger charge is 2.39. The van der Waals surface area contributed by atoms with Crippen LogP contribution in [0.15, 0.2) is 29.3 Å². The number of aryl methyl sites for hydroxylation is 1. The Morgan fingerprint density at radius 3 is 2.48 bits per heavy atom. The fourth-order valence-corrected chi connectivity index (χ4v) is 5.45. The fourth-order valence-electron chi connectivity index (χ4n) is 5.45. The van der Waals surface area contributed by atoms with E-state index in [1.807, 2.05) is 7.05 Å². The summed E-state index contributed by atoms with van der Waals surface area (Å²) in [6, 6.07) is 9.25. The van der Waals surface area contributed by atoms with Crippen LogP contribution in [0.1, 0.15) is 49.7 Å². The Labute approximate surface area is 188 Å². The lowest BCUT2D eigenvalue weighted by atomic mass is 9.88. The molecule has 3 fully saturated rings. The maximum Gasteiger partial charge on any atom is 0.191 e. The van der Waals surface area contributed by atoms with E-state index in [1.54, 1.807) is 0 Å². The van der Waals surface area contributed by atoms with Gasteiger partial charge in [-0.1, -0.05) is 24.3 Å². The van der Waals surface area contributed by atoms with E-state index in [9.17, 15) is 0 Å². The standard InChI is InChI=1S/C25H41N5O/c1-21-7-3-4-8-22(21)19-29-15-9-23(10-16-29)28-24(26-2)27-20-25(11-17-31-18-12-25)30-13-5-6-14-30/h3-4,7-8,23H,5-6,9-20H2,1-2H3,(H2,26,27,28). The number of nitrogens with one attached hydrogen (secondary N) is 2. The Kier molecular flexibility index (Phi) is 7.86. The van der Waals surface area contributed by atoms with Gasteiger partial charge < -0.3 is 15.4 Å². The molecule has 3 heterocycles. The van der Waals surface area contributed by atoms with Crippen molar-refractivity contribution in [2.45, 2.75) is 63.6 Å². The normalized spacial score (nSPS) is 23.7. The van der Waals surface area contributed by atoms with Crippen LogP contribution in [0.4, 0.5) is 0 Å². The maximum absolute atomic E-state index is 5.69. The number of hydrogen-bond donors (Lipinski definition) is 2. The molecule has 1 aromatic rings. The minimum absolute atomic E-state index is 0.225. The largest absolute Gasteiger partial charge is 0.381 e. The average molecular weight is 428 g/mol. The summed E-state index contributed by atoms with van der Waals surface area (Å²) >= 11 is 0.